The molecular weight excluding hydrogens is 350 g/mol. The summed E-state index contributed by atoms with van der Waals surface area (Å²) in [6.07, 6.45) is -4.97. The molecule has 0 bridgehead atoms. The molecule has 0 radical (unpaired) electrons. The van der Waals surface area contributed by atoms with E-state index in [1.54, 1.807) is 0 Å². The van der Waals surface area contributed by atoms with Gasteiger partial charge in [0.05, 0.1) is 5.56 Å². The van der Waals surface area contributed by atoms with Gasteiger partial charge in [-0.15, -0.1) is 0 Å². The number of hydrogen-bond acceptors (Lipinski definition) is 3. The van der Waals surface area contributed by atoms with Gasteiger partial charge in [0, 0.05) is 4.47 Å². The first kappa shape index (κ1) is 14.5. The quantitative estimate of drug-likeness (QED) is 0.830. The van der Waals surface area contributed by atoms with Crippen LogP contribution >= 0.6 is 15.9 Å². The summed E-state index contributed by atoms with van der Waals surface area (Å²) in [6.45, 7) is 0. The van der Waals surface area contributed by atoms with Crippen LogP contribution in [0.3, 0.4) is 0 Å². The summed E-state index contributed by atoms with van der Waals surface area (Å²) < 4.78 is 55.6. The molecule has 0 spiro atoms. The summed E-state index contributed by atoms with van der Waals surface area (Å²) in [5, 5.41) is 8.70. The van der Waals surface area contributed by atoms with Crippen molar-refractivity contribution in [3.63, 3.8) is 0 Å². The van der Waals surface area contributed by atoms with Crippen LogP contribution in [0.4, 0.5) is 17.6 Å². The van der Waals surface area contributed by atoms with Gasteiger partial charge in [-0.2, -0.15) is 13.2 Å². The van der Waals surface area contributed by atoms with Gasteiger partial charge in [0.15, 0.2) is 5.69 Å². The Hall–Kier alpha value is -1.90. The molecule has 0 aliphatic rings. The molecule has 1 aromatic carbocycles. The molecule has 0 unspecified atom stereocenters. The highest BCUT2D eigenvalue weighted by molar-refractivity contribution is 9.10. The van der Waals surface area contributed by atoms with Crippen molar-refractivity contribution >= 4 is 21.9 Å². The first-order valence-corrected chi connectivity index (χ1v) is 5.76. The van der Waals surface area contributed by atoms with Gasteiger partial charge in [-0.3, -0.25) is 0 Å². The van der Waals surface area contributed by atoms with Crippen molar-refractivity contribution < 1.29 is 31.9 Å². The molecule has 0 aliphatic heterocycles. The van der Waals surface area contributed by atoms with Crippen LogP contribution in [0.2, 0.25) is 0 Å². The summed E-state index contributed by atoms with van der Waals surface area (Å²) in [6, 6.07) is 3.10. The fourth-order valence-electron chi connectivity index (χ4n) is 1.44. The Bertz CT molecular complexity index is 681. The van der Waals surface area contributed by atoms with Gasteiger partial charge in [-0.05, 0) is 34.1 Å². The van der Waals surface area contributed by atoms with E-state index in [1.165, 1.54) is 0 Å². The summed E-state index contributed by atoms with van der Waals surface area (Å²) in [5.41, 5.74) is -1.64. The largest absolute Gasteiger partial charge is 0.475 e. The number of halogens is 5. The molecule has 1 aromatic heterocycles. The van der Waals surface area contributed by atoms with Crippen LogP contribution in [0, 0.1) is 5.82 Å². The number of carboxylic acid groups (broad SMARTS) is 1. The summed E-state index contributed by atoms with van der Waals surface area (Å²) >= 11 is 2.94. The number of nitrogens with zero attached hydrogens (tertiary/aromatic N) is 1. The number of carboxylic acids is 1. The van der Waals surface area contributed by atoms with Crippen molar-refractivity contribution in [3.05, 3.63) is 39.9 Å². The highest BCUT2D eigenvalue weighted by atomic mass is 79.9. The minimum absolute atomic E-state index is 0.00407. The Morgan fingerprint density at radius 2 is 2.00 bits per heavy atom. The van der Waals surface area contributed by atoms with E-state index < -0.39 is 35.3 Å². The first-order valence-electron chi connectivity index (χ1n) is 4.97. The van der Waals surface area contributed by atoms with Crippen LogP contribution in [-0.2, 0) is 6.18 Å². The SMILES string of the molecule is O=C(O)c1oc(-c2ccc(F)cc2Br)nc1C(F)(F)F. The zero-order chi connectivity index (χ0) is 15.1. The average molecular weight is 354 g/mol. The van der Waals surface area contributed by atoms with Crippen LogP contribution < -0.4 is 0 Å². The van der Waals surface area contributed by atoms with Gasteiger partial charge in [-0.1, -0.05) is 0 Å². The first-order chi connectivity index (χ1) is 9.20. The molecule has 4 nitrogen and oxygen atoms in total. The molecule has 2 rings (SSSR count). The lowest BCUT2D eigenvalue weighted by atomic mass is 10.2. The normalized spacial score (nSPS) is 11.7. The van der Waals surface area contributed by atoms with E-state index >= 15 is 0 Å². The molecule has 20 heavy (non-hydrogen) atoms. The van der Waals surface area contributed by atoms with E-state index in [2.05, 4.69) is 25.3 Å². The Balaban J connectivity index is 2.62. The highest BCUT2D eigenvalue weighted by Gasteiger charge is 2.41. The predicted molar refractivity (Wildman–Crippen MR) is 61.6 cm³/mol. The number of benzene rings is 1. The number of aromatic nitrogens is 1. The molecular formula is C11H4BrF4NO3. The summed E-state index contributed by atoms with van der Waals surface area (Å²) in [7, 11) is 0. The number of hydrogen-bond donors (Lipinski definition) is 1. The van der Waals surface area contributed by atoms with E-state index in [0.29, 0.717) is 0 Å². The highest BCUT2D eigenvalue weighted by Crippen LogP contribution is 2.36. The van der Waals surface area contributed by atoms with Crippen LogP contribution in [-0.4, -0.2) is 16.1 Å². The van der Waals surface area contributed by atoms with E-state index in [1.807, 2.05) is 0 Å². The van der Waals surface area contributed by atoms with Crippen molar-refractivity contribution in [1.29, 1.82) is 0 Å². The smallest absolute Gasteiger partial charge is 0.437 e. The average Bonchev–Trinajstić information content (AvgIpc) is 2.73. The third kappa shape index (κ3) is 2.67. The molecule has 1 heterocycles. The Kier molecular flexibility index (Phi) is 3.55. The third-order valence-electron chi connectivity index (χ3n) is 2.25. The molecule has 2 aromatic rings. The van der Waals surface area contributed by atoms with Crippen molar-refractivity contribution in [2.24, 2.45) is 0 Å². The molecule has 0 fully saturated rings. The Morgan fingerprint density at radius 1 is 1.35 bits per heavy atom. The van der Waals surface area contributed by atoms with Crippen LogP contribution in [0.1, 0.15) is 16.2 Å². The maximum atomic E-state index is 12.9. The monoisotopic (exact) mass is 353 g/mol. The zero-order valence-electron chi connectivity index (χ0n) is 9.33. The van der Waals surface area contributed by atoms with Crippen molar-refractivity contribution in [2.75, 3.05) is 0 Å². The fourth-order valence-corrected chi connectivity index (χ4v) is 1.96. The van der Waals surface area contributed by atoms with Gasteiger partial charge in [-0.25, -0.2) is 14.2 Å². The maximum absolute atomic E-state index is 12.9. The van der Waals surface area contributed by atoms with Crippen LogP contribution in [0.15, 0.2) is 27.1 Å². The minimum Gasteiger partial charge on any atom is -0.475 e. The van der Waals surface area contributed by atoms with E-state index in [9.17, 15) is 22.4 Å². The molecule has 9 heteroatoms. The Labute approximate surface area is 117 Å². The van der Waals surface area contributed by atoms with E-state index in [0.717, 1.165) is 18.2 Å². The Morgan fingerprint density at radius 3 is 2.45 bits per heavy atom. The molecule has 0 saturated carbocycles. The maximum Gasteiger partial charge on any atom is 0.437 e. The lowest BCUT2D eigenvalue weighted by Crippen LogP contribution is -2.11. The van der Waals surface area contributed by atoms with Crippen molar-refractivity contribution in [2.45, 2.75) is 6.18 Å². The topological polar surface area (TPSA) is 63.3 Å². The molecule has 106 valence electrons. The standard InChI is InChI=1S/C11H4BrF4NO3/c12-6-3-4(13)1-2-5(6)9-17-8(11(14,15)16)7(20-9)10(18)19/h1-3H,(H,18,19). The predicted octanol–water partition coefficient (Wildman–Crippen LogP) is 3.96. The number of oxazole rings is 1. The molecule has 0 amide bonds. The lowest BCUT2D eigenvalue weighted by molar-refractivity contribution is -0.141. The van der Waals surface area contributed by atoms with Gasteiger partial charge in [0.25, 0.3) is 0 Å². The second-order valence-electron chi connectivity index (χ2n) is 3.62. The molecule has 1 N–H and O–H groups in total. The summed E-state index contributed by atoms with van der Waals surface area (Å²) in [4.78, 5) is 13.9. The van der Waals surface area contributed by atoms with E-state index in [4.69, 9.17) is 5.11 Å². The second-order valence-corrected chi connectivity index (χ2v) is 4.48. The van der Waals surface area contributed by atoms with Gasteiger partial charge >= 0.3 is 12.1 Å². The van der Waals surface area contributed by atoms with Gasteiger partial charge in [0.2, 0.25) is 11.7 Å². The van der Waals surface area contributed by atoms with Gasteiger partial charge in [0.1, 0.15) is 5.82 Å². The minimum atomic E-state index is -4.97. The fraction of sp³-hybridized carbons (Fsp3) is 0.0909. The molecule has 0 aliphatic carbocycles. The van der Waals surface area contributed by atoms with Gasteiger partial charge < -0.3 is 9.52 Å². The number of aromatic carboxylic acids is 1. The van der Waals surface area contributed by atoms with Crippen molar-refractivity contribution in [3.8, 4) is 11.5 Å². The van der Waals surface area contributed by atoms with E-state index in [-0.39, 0.29) is 10.0 Å². The third-order valence-corrected chi connectivity index (χ3v) is 2.91. The number of rotatable bonds is 2. The van der Waals surface area contributed by atoms with Crippen LogP contribution in [0.5, 0.6) is 0 Å². The van der Waals surface area contributed by atoms with Crippen molar-refractivity contribution in [1.82, 2.24) is 4.98 Å². The number of carbonyl (C=O) groups is 1. The molecule has 0 saturated heterocycles. The lowest BCUT2D eigenvalue weighted by Gasteiger charge is -2.01. The molecule has 0 atom stereocenters. The van der Waals surface area contributed by atoms with Crippen LogP contribution in [0.25, 0.3) is 11.5 Å². The zero-order valence-corrected chi connectivity index (χ0v) is 10.9. The second kappa shape index (κ2) is 4.89. The number of alkyl halides is 3. The summed E-state index contributed by atoms with van der Waals surface area (Å²) in [5.74, 6) is -4.40.